The average Bonchev–Trinajstić information content (AvgIpc) is 2.03. The van der Waals surface area contributed by atoms with Crippen molar-refractivity contribution in [1.29, 1.82) is 5.26 Å². The van der Waals surface area contributed by atoms with Gasteiger partial charge in [0.2, 0.25) is 5.69 Å². The third-order valence-electron chi connectivity index (χ3n) is 1.14. The number of rotatable bonds is 1. The molecule has 0 saturated carbocycles. The zero-order chi connectivity index (χ0) is 9.14. The van der Waals surface area contributed by atoms with Gasteiger partial charge in [-0.1, -0.05) is 0 Å². The topological polar surface area (TPSA) is 79.8 Å². The lowest BCUT2D eigenvalue weighted by Crippen LogP contribution is -1.95. The molecule has 0 spiro atoms. The first-order valence-electron chi connectivity index (χ1n) is 2.86. The maximum Gasteiger partial charge on any atom is 0.305 e. The molecule has 0 aliphatic rings. The summed E-state index contributed by atoms with van der Waals surface area (Å²) in [7, 11) is 0. The van der Waals surface area contributed by atoms with Crippen LogP contribution in [-0.4, -0.2) is 9.91 Å². The Bertz CT molecular complexity index is 372. The molecule has 0 aliphatic carbocycles. The summed E-state index contributed by atoms with van der Waals surface area (Å²) in [6.07, 6.45) is 0. The van der Waals surface area contributed by atoms with Gasteiger partial charge in [-0.05, 0) is 28.7 Å². The van der Waals surface area contributed by atoms with Crippen LogP contribution >= 0.6 is 22.6 Å². The van der Waals surface area contributed by atoms with Gasteiger partial charge in [-0.3, -0.25) is 10.1 Å². The van der Waals surface area contributed by atoms with Crippen molar-refractivity contribution in [1.82, 2.24) is 4.98 Å². The Labute approximate surface area is 81.3 Å². The Morgan fingerprint density at radius 3 is 2.83 bits per heavy atom. The van der Waals surface area contributed by atoms with E-state index < -0.39 is 4.92 Å². The molecule has 0 radical (unpaired) electrons. The predicted octanol–water partition coefficient (Wildman–Crippen LogP) is 1.47. The van der Waals surface area contributed by atoms with Crippen molar-refractivity contribution < 1.29 is 4.92 Å². The largest absolute Gasteiger partial charge is 0.305 e. The lowest BCUT2D eigenvalue weighted by molar-refractivity contribution is -0.385. The highest BCUT2D eigenvalue weighted by Crippen LogP contribution is 2.16. The van der Waals surface area contributed by atoms with Crippen LogP contribution in [0.5, 0.6) is 0 Å². The van der Waals surface area contributed by atoms with Crippen LogP contribution in [0, 0.1) is 25.1 Å². The van der Waals surface area contributed by atoms with E-state index in [1.165, 1.54) is 12.1 Å². The van der Waals surface area contributed by atoms with E-state index in [-0.39, 0.29) is 11.4 Å². The molecular formula is C6H2IN3O2. The second-order valence-electron chi connectivity index (χ2n) is 1.87. The Morgan fingerprint density at radius 2 is 2.33 bits per heavy atom. The van der Waals surface area contributed by atoms with E-state index in [0.717, 1.165) is 0 Å². The van der Waals surface area contributed by atoms with Crippen molar-refractivity contribution in [3.8, 4) is 6.07 Å². The SMILES string of the molecule is N#Cc1nc(I)ccc1[N+](=O)[O-]. The maximum absolute atomic E-state index is 10.3. The van der Waals surface area contributed by atoms with Crippen molar-refractivity contribution in [2.45, 2.75) is 0 Å². The van der Waals surface area contributed by atoms with E-state index in [1.54, 1.807) is 6.07 Å². The molecular weight excluding hydrogens is 273 g/mol. The van der Waals surface area contributed by atoms with E-state index in [4.69, 9.17) is 5.26 Å². The normalized spacial score (nSPS) is 9.00. The van der Waals surface area contributed by atoms with Gasteiger partial charge in [-0.15, -0.1) is 0 Å². The zero-order valence-corrected chi connectivity index (χ0v) is 7.85. The fraction of sp³-hybridized carbons (Fsp3) is 0. The summed E-state index contributed by atoms with van der Waals surface area (Å²) in [5, 5.41) is 18.8. The molecule has 0 aromatic carbocycles. The third kappa shape index (κ3) is 1.68. The van der Waals surface area contributed by atoms with Crippen molar-refractivity contribution in [3.63, 3.8) is 0 Å². The smallest absolute Gasteiger partial charge is 0.258 e. The number of nitro groups is 1. The number of nitrogens with zero attached hydrogens (tertiary/aromatic N) is 3. The maximum atomic E-state index is 10.3. The highest BCUT2D eigenvalue weighted by molar-refractivity contribution is 14.1. The Hall–Kier alpha value is -1.23. The Balaban J connectivity index is 3.32. The van der Waals surface area contributed by atoms with Gasteiger partial charge in [0.25, 0.3) is 0 Å². The number of pyridine rings is 1. The summed E-state index contributed by atoms with van der Waals surface area (Å²) in [5.41, 5.74) is -0.398. The molecule has 0 N–H and O–H groups in total. The van der Waals surface area contributed by atoms with Gasteiger partial charge >= 0.3 is 5.69 Å². The summed E-state index contributed by atoms with van der Waals surface area (Å²) in [6.45, 7) is 0. The van der Waals surface area contributed by atoms with E-state index in [1.807, 2.05) is 22.6 Å². The van der Waals surface area contributed by atoms with E-state index >= 15 is 0 Å². The molecule has 5 nitrogen and oxygen atoms in total. The Kier molecular flexibility index (Phi) is 2.54. The van der Waals surface area contributed by atoms with Crippen molar-refractivity contribution >= 4 is 28.3 Å². The van der Waals surface area contributed by atoms with Gasteiger partial charge < -0.3 is 0 Å². The first kappa shape index (κ1) is 8.86. The molecule has 1 rings (SSSR count). The molecule has 12 heavy (non-hydrogen) atoms. The molecule has 6 heteroatoms. The Morgan fingerprint density at radius 1 is 1.67 bits per heavy atom. The van der Waals surface area contributed by atoms with Gasteiger partial charge in [0.15, 0.2) is 0 Å². The summed E-state index contributed by atoms with van der Waals surface area (Å²) in [4.78, 5) is 13.4. The van der Waals surface area contributed by atoms with Gasteiger partial charge in [0.1, 0.15) is 9.77 Å². The molecule has 0 atom stereocenters. The van der Waals surface area contributed by atoms with Crippen LogP contribution in [0.3, 0.4) is 0 Å². The number of aromatic nitrogens is 1. The highest BCUT2D eigenvalue weighted by Gasteiger charge is 2.14. The van der Waals surface area contributed by atoms with Crippen molar-refractivity contribution in [2.24, 2.45) is 0 Å². The van der Waals surface area contributed by atoms with E-state index in [2.05, 4.69) is 4.98 Å². The van der Waals surface area contributed by atoms with E-state index in [9.17, 15) is 10.1 Å². The standard InChI is InChI=1S/C6H2IN3O2/c7-6-2-1-5(10(11)12)4(3-8)9-6/h1-2H. The lowest BCUT2D eigenvalue weighted by Gasteiger charge is -1.92. The van der Waals surface area contributed by atoms with Gasteiger partial charge in [-0.2, -0.15) is 5.26 Å². The highest BCUT2D eigenvalue weighted by atomic mass is 127. The number of hydrogen-bond acceptors (Lipinski definition) is 4. The van der Waals surface area contributed by atoms with Crippen LogP contribution in [0.1, 0.15) is 5.69 Å². The van der Waals surface area contributed by atoms with Crippen molar-refractivity contribution in [3.05, 3.63) is 31.6 Å². The quantitative estimate of drug-likeness (QED) is 0.336. The predicted molar refractivity (Wildman–Crippen MR) is 48.3 cm³/mol. The summed E-state index contributed by atoms with van der Waals surface area (Å²) in [5.74, 6) is 0. The second-order valence-corrected chi connectivity index (χ2v) is 2.98. The molecule has 1 aromatic rings. The third-order valence-corrected chi connectivity index (χ3v) is 1.74. The monoisotopic (exact) mass is 275 g/mol. The molecule has 0 saturated heterocycles. The van der Waals surface area contributed by atoms with E-state index in [0.29, 0.717) is 3.70 Å². The molecule has 0 unspecified atom stereocenters. The fourth-order valence-corrected chi connectivity index (χ4v) is 1.08. The average molecular weight is 275 g/mol. The molecule has 0 aliphatic heterocycles. The molecule has 1 aromatic heterocycles. The number of hydrogen-bond donors (Lipinski definition) is 0. The van der Waals surface area contributed by atoms with Crippen molar-refractivity contribution in [2.75, 3.05) is 0 Å². The molecule has 60 valence electrons. The summed E-state index contributed by atoms with van der Waals surface area (Å²) in [6, 6.07) is 4.42. The number of halogens is 1. The second kappa shape index (κ2) is 3.44. The first-order chi connectivity index (χ1) is 5.65. The minimum atomic E-state index is -0.623. The fourth-order valence-electron chi connectivity index (χ4n) is 0.658. The zero-order valence-electron chi connectivity index (χ0n) is 5.69. The van der Waals surface area contributed by atoms with Crippen LogP contribution in [0.2, 0.25) is 0 Å². The van der Waals surface area contributed by atoms with Crippen LogP contribution in [0.25, 0.3) is 0 Å². The van der Waals surface area contributed by atoms with Crippen LogP contribution < -0.4 is 0 Å². The minimum absolute atomic E-state index is 0.146. The minimum Gasteiger partial charge on any atom is -0.258 e. The molecule has 0 bridgehead atoms. The first-order valence-corrected chi connectivity index (χ1v) is 3.94. The molecule has 0 fully saturated rings. The number of nitriles is 1. The molecule has 1 heterocycles. The summed E-state index contributed by atoms with van der Waals surface area (Å²) >= 11 is 1.88. The van der Waals surface area contributed by atoms with Gasteiger partial charge in [0, 0.05) is 6.07 Å². The molecule has 0 amide bonds. The van der Waals surface area contributed by atoms with Gasteiger partial charge in [0.05, 0.1) is 4.92 Å². The van der Waals surface area contributed by atoms with Gasteiger partial charge in [-0.25, -0.2) is 4.98 Å². The van der Waals surface area contributed by atoms with Crippen LogP contribution in [-0.2, 0) is 0 Å². The lowest BCUT2D eigenvalue weighted by atomic mass is 10.3. The van der Waals surface area contributed by atoms with Crippen LogP contribution in [0.15, 0.2) is 12.1 Å². The summed E-state index contributed by atoms with van der Waals surface area (Å²) < 4.78 is 0.565. The van der Waals surface area contributed by atoms with Crippen LogP contribution in [0.4, 0.5) is 5.69 Å².